The highest BCUT2D eigenvalue weighted by atomic mass is 35.5. The van der Waals surface area contributed by atoms with Gasteiger partial charge in [-0.25, -0.2) is 8.42 Å². The molecule has 214 valence electrons. The Hall–Kier alpha value is -3.27. The number of nitrogens with one attached hydrogen (secondary N) is 1. The lowest BCUT2D eigenvalue weighted by molar-refractivity contribution is -0.139. The van der Waals surface area contributed by atoms with Crippen LogP contribution in [-0.2, 0) is 26.2 Å². The van der Waals surface area contributed by atoms with Crippen molar-refractivity contribution in [2.75, 3.05) is 24.5 Å². The molecule has 0 aliphatic heterocycles. The first-order valence-corrected chi connectivity index (χ1v) is 15.0. The van der Waals surface area contributed by atoms with E-state index in [4.69, 9.17) is 27.9 Å². The van der Waals surface area contributed by atoms with Crippen LogP contribution in [0, 0.1) is 0 Å². The summed E-state index contributed by atoms with van der Waals surface area (Å²) in [5.41, 5.74) is 0.779. The second-order valence-electron chi connectivity index (χ2n) is 9.11. The number of ether oxygens (including phenoxy) is 1. The number of methoxy groups -OCH3 is 1. The highest BCUT2D eigenvalue weighted by molar-refractivity contribution is 7.92. The third-order valence-corrected chi connectivity index (χ3v) is 8.50. The predicted molar refractivity (Wildman–Crippen MR) is 158 cm³/mol. The van der Waals surface area contributed by atoms with Gasteiger partial charge in [0.05, 0.1) is 17.7 Å². The summed E-state index contributed by atoms with van der Waals surface area (Å²) in [5, 5.41) is 3.59. The number of carbonyl (C=O) groups is 2. The fraction of sp³-hybridized carbons (Fsp3) is 0.310. The highest BCUT2D eigenvalue weighted by Crippen LogP contribution is 2.35. The van der Waals surface area contributed by atoms with Gasteiger partial charge in [-0.15, -0.1) is 0 Å². The molecular weight excluding hydrogens is 573 g/mol. The number of nitrogens with zero attached hydrogens (tertiary/aromatic N) is 2. The number of halogens is 2. The van der Waals surface area contributed by atoms with Crippen LogP contribution in [0.5, 0.6) is 5.75 Å². The molecule has 0 aliphatic carbocycles. The average Bonchev–Trinajstić information content (AvgIpc) is 2.94. The van der Waals surface area contributed by atoms with E-state index in [2.05, 4.69) is 5.32 Å². The van der Waals surface area contributed by atoms with Crippen LogP contribution < -0.4 is 14.4 Å². The lowest BCUT2D eigenvalue weighted by Gasteiger charge is -2.32. The van der Waals surface area contributed by atoms with E-state index in [0.717, 1.165) is 17.1 Å². The summed E-state index contributed by atoms with van der Waals surface area (Å²) >= 11 is 12.4. The maximum absolute atomic E-state index is 14.0. The molecule has 0 radical (unpaired) electrons. The van der Waals surface area contributed by atoms with E-state index in [9.17, 15) is 18.0 Å². The number of hydrogen-bond acceptors (Lipinski definition) is 5. The van der Waals surface area contributed by atoms with Gasteiger partial charge in [0.2, 0.25) is 11.8 Å². The van der Waals surface area contributed by atoms with E-state index < -0.39 is 28.5 Å². The van der Waals surface area contributed by atoms with Gasteiger partial charge in [-0.3, -0.25) is 13.9 Å². The summed E-state index contributed by atoms with van der Waals surface area (Å²) in [6.45, 7) is 3.51. The normalized spacial score (nSPS) is 11.9. The smallest absolute Gasteiger partial charge is 0.264 e. The number of anilines is 1. The molecule has 2 amide bonds. The summed E-state index contributed by atoms with van der Waals surface area (Å²) in [7, 11) is -2.85. The number of carbonyl (C=O) groups excluding carboxylic acids is 2. The van der Waals surface area contributed by atoms with Crippen LogP contribution in [0.25, 0.3) is 0 Å². The van der Waals surface area contributed by atoms with Crippen molar-refractivity contribution < 1.29 is 22.7 Å². The molecule has 0 aromatic heterocycles. The maximum Gasteiger partial charge on any atom is 0.264 e. The molecule has 0 spiro atoms. The molecule has 1 N–H and O–H groups in total. The zero-order valence-electron chi connectivity index (χ0n) is 22.6. The lowest BCUT2D eigenvalue weighted by Crippen LogP contribution is -2.51. The van der Waals surface area contributed by atoms with Crippen LogP contribution in [-0.4, -0.2) is 51.4 Å². The van der Waals surface area contributed by atoms with Crippen LogP contribution in [0.15, 0.2) is 77.7 Å². The summed E-state index contributed by atoms with van der Waals surface area (Å²) in [5.74, 6) is -0.732. The third kappa shape index (κ3) is 7.90. The first-order valence-electron chi connectivity index (χ1n) is 12.8. The molecule has 40 heavy (non-hydrogen) atoms. The monoisotopic (exact) mass is 605 g/mol. The second kappa shape index (κ2) is 14.4. The van der Waals surface area contributed by atoms with E-state index in [-0.39, 0.29) is 33.8 Å². The first kappa shape index (κ1) is 31.3. The van der Waals surface area contributed by atoms with Crippen molar-refractivity contribution in [1.29, 1.82) is 0 Å². The topological polar surface area (TPSA) is 96.0 Å². The standard InChI is InChI=1S/C29H33Cl2N3O5S/c1-4-5-16-32-29(36)21(2)33(19-22-10-9-11-23(30)17-22)28(35)20-34(26-18-24(31)14-15-27(26)39-3)40(37,38)25-12-7-6-8-13-25/h6-15,17-18,21H,4-5,16,19-20H2,1-3H3,(H,32,36). The maximum atomic E-state index is 14.0. The first-order chi connectivity index (χ1) is 19.1. The van der Waals surface area contributed by atoms with Crippen LogP contribution >= 0.6 is 23.2 Å². The SMILES string of the molecule is CCCCNC(=O)C(C)N(Cc1cccc(Cl)c1)C(=O)CN(c1cc(Cl)ccc1OC)S(=O)(=O)c1ccccc1. The van der Waals surface area contributed by atoms with Gasteiger partial charge < -0.3 is 15.0 Å². The van der Waals surface area contributed by atoms with Crippen molar-refractivity contribution in [3.8, 4) is 5.75 Å². The Morgan fingerprint density at radius 3 is 2.33 bits per heavy atom. The molecule has 3 aromatic rings. The Morgan fingerprint density at radius 1 is 0.975 bits per heavy atom. The Bertz CT molecular complexity index is 1420. The zero-order valence-corrected chi connectivity index (χ0v) is 25.0. The average molecular weight is 607 g/mol. The van der Waals surface area contributed by atoms with E-state index >= 15 is 0 Å². The van der Waals surface area contributed by atoms with E-state index in [0.29, 0.717) is 17.1 Å². The van der Waals surface area contributed by atoms with Gasteiger partial charge >= 0.3 is 0 Å². The molecule has 0 saturated heterocycles. The van der Waals surface area contributed by atoms with Gasteiger partial charge in [-0.05, 0) is 61.4 Å². The van der Waals surface area contributed by atoms with Crippen molar-refractivity contribution >= 4 is 50.7 Å². The van der Waals surface area contributed by atoms with Crippen molar-refractivity contribution in [1.82, 2.24) is 10.2 Å². The fourth-order valence-corrected chi connectivity index (χ4v) is 5.86. The van der Waals surface area contributed by atoms with Crippen molar-refractivity contribution in [2.45, 2.75) is 44.2 Å². The molecule has 3 rings (SSSR count). The summed E-state index contributed by atoms with van der Waals surface area (Å²) in [6, 6.07) is 18.3. The van der Waals surface area contributed by atoms with Crippen LogP contribution in [0.2, 0.25) is 10.0 Å². The number of hydrogen-bond donors (Lipinski definition) is 1. The van der Waals surface area contributed by atoms with Gasteiger partial charge in [0.15, 0.2) is 0 Å². The van der Waals surface area contributed by atoms with Gasteiger partial charge in [-0.2, -0.15) is 0 Å². The van der Waals surface area contributed by atoms with Gasteiger partial charge in [-0.1, -0.05) is 66.9 Å². The summed E-state index contributed by atoms with van der Waals surface area (Å²) in [6.07, 6.45) is 1.69. The molecule has 0 aliphatic rings. The Balaban J connectivity index is 2.06. The Labute approximate surface area is 245 Å². The van der Waals surface area contributed by atoms with Crippen LogP contribution in [0.1, 0.15) is 32.3 Å². The predicted octanol–water partition coefficient (Wildman–Crippen LogP) is 5.53. The molecular formula is C29H33Cl2N3O5S. The molecule has 3 aromatic carbocycles. The molecule has 8 nitrogen and oxygen atoms in total. The van der Waals surface area contributed by atoms with E-state index in [1.807, 2.05) is 6.92 Å². The minimum absolute atomic E-state index is 0.0171. The van der Waals surface area contributed by atoms with Crippen LogP contribution in [0.4, 0.5) is 5.69 Å². The minimum atomic E-state index is -4.25. The third-order valence-electron chi connectivity index (χ3n) is 6.26. The zero-order chi connectivity index (χ0) is 29.3. The number of sulfonamides is 1. The number of amides is 2. The van der Waals surface area contributed by atoms with Crippen molar-refractivity contribution in [3.63, 3.8) is 0 Å². The number of rotatable bonds is 13. The van der Waals surface area contributed by atoms with Gasteiger partial charge in [0, 0.05) is 23.1 Å². The van der Waals surface area contributed by atoms with E-state index in [1.165, 1.54) is 36.3 Å². The molecule has 11 heteroatoms. The molecule has 0 saturated carbocycles. The van der Waals surface area contributed by atoms with Crippen molar-refractivity contribution in [3.05, 3.63) is 88.4 Å². The number of benzene rings is 3. The van der Waals surface area contributed by atoms with Gasteiger partial charge in [0.25, 0.3) is 10.0 Å². The molecule has 1 atom stereocenters. The largest absolute Gasteiger partial charge is 0.495 e. The summed E-state index contributed by atoms with van der Waals surface area (Å²) in [4.78, 5) is 28.4. The van der Waals surface area contributed by atoms with Gasteiger partial charge in [0.1, 0.15) is 18.3 Å². The van der Waals surface area contributed by atoms with Crippen LogP contribution in [0.3, 0.4) is 0 Å². The van der Waals surface area contributed by atoms with Crippen molar-refractivity contribution in [2.24, 2.45) is 0 Å². The minimum Gasteiger partial charge on any atom is -0.495 e. The molecule has 0 heterocycles. The fourth-order valence-electron chi connectivity index (χ4n) is 4.04. The Kier molecular flexibility index (Phi) is 11.2. The Morgan fingerprint density at radius 2 is 1.68 bits per heavy atom. The number of unbranched alkanes of at least 4 members (excludes halogenated alkanes) is 1. The second-order valence-corrected chi connectivity index (χ2v) is 11.8. The summed E-state index contributed by atoms with van der Waals surface area (Å²) < 4.78 is 34.2. The molecule has 0 bridgehead atoms. The highest BCUT2D eigenvalue weighted by Gasteiger charge is 2.34. The van der Waals surface area contributed by atoms with E-state index in [1.54, 1.807) is 55.5 Å². The lowest BCUT2D eigenvalue weighted by atomic mass is 10.1. The molecule has 1 unspecified atom stereocenters. The quantitative estimate of drug-likeness (QED) is 0.258. The molecule has 0 fully saturated rings.